The van der Waals surface area contributed by atoms with Crippen molar-refractivity contribution in [3.8, 4) is 11.1 Å². The predicted molar refractivity (Wildman–Crippen MR) is 157 cm³/mol. The van der Waals surface area contributed by atoms with Crippen LogP contribution in [0.3, 0.4) is 0 Å². The molecule has 0 radical (unpaired) electrons. The topological polar surface area (TPSA) is 112 Å². The number of pyridine rings is 1. The normalized spacial score (nSPS) is 14.4. The molecule has 41 heavy (non-hydrogen) atoms. The molecular formula is C29H29Cl2N3O6S. The summed E-state index contributed by atoms with van der Waals surface area (Å²) in [5.74, 6) is -2.15. The Morgan fingerprint density at radius 2 is 1.41 bits per heavy atom. The first-order chi connectivity index (χ1) is 19.7. The fourth-order valence-electron chi connectivity index (χ4n) is 4.64. The summed E-state index contributed by atoms with van der Waals surface area (Å²) in [5, 5.41) is 0.288. The van der Waals surface area contributed by atoms with Crippen LogP contribution in [0.4, 0.5) is 0 Å². The van der Waals surface area contributed by atoms with Crippen molar-refractivity contribution >= 4 is 52.2 Å². The van der Waals surface area contributed by atoms with Gasteiger partial charge in [0.25, 0.3) is 0 Å². The van der Waals surface area contributed by atoms with Crippen molar-refractivity contribution < 1.29 is 28.4 Å². The van der Waals surface area contributed by atoms with Crippen LogP contribution in [0.1, 0.15) is 32.1 Å². The smallest absolute Gasteiger partial charge is 0.340 e. The van der Waals surface area contributed by atoms with Crippen LogP contribution < -0.4 is 0 Å². The van der Waals surface area contributed by atoms with Gasteiger partial charge in [0, 0.05) is 47.4 Å². The maximum atomic E-state index is 13.5. The third-order valence-electron chi connectivity index (χ3n) is 6.79. The third-order valence-corrected chi connectivity index (χ3v) is 8.75. The number of benzene rings is 2. The summed E-state index contributed by atoms with van der Waals surface area (Å²) in [7, 11) is 4.34. The number of esters is 2. The van der Waals surface area contributed by atoms with E-state index in [0.717, 1.165) is 0 Å². The fraction of sp³-hybridized carbons (Fsp3) is 0.310. The number of halogens is 2. The van der Waals surface area contributed by atoms with Crippen LogP contribution in [0, 0.1) is 0 Å². The van der Waals surface area contributed by atoms with E-state index in [4.69, 9.17) is 32.7 Å². The molecule has 0 N–H and O–H groups in total. The van der Waals surface area contributed by atoms with E-state index in [1.54, 1.807) is 53.4 Å². The maximum absolute atomic E-state index is 13.5. The summed E-state index contributed by atoms with van der Waals surface area (Å²) in [5.41, 5.74) is 0.0237. The quantitative estimate of drug-likeness (QED) is 0.272. The first-order valence-corrected chi connectivity index (χ1v) is 14.8. The number of aromatic nitrogens is 1. The van der Waals surface area contributed by atoms with Gasteiger partial charge in [-0.25, -0.2) is 9.59 Å². The Balaban J connectivity index is 1.99. The summed E-state index contributed by atoms with van der Waals surface area (Å²) in [6.45, 7) is 2.42. The molecule has 0 aliphatic carbocycles. The number of likely N-dealkylation sites (N-methyl/N-ethyl adjacent to an activating group) is 1. The Labute approximate surface area is 251 Å². The van der Waals surface area contributed by atoms with Gasteiger partial charge < -0.3 is 23.8 Å². The van der Waals surface area contributed by atoms with Crippen molar-refractivity contribution in [3.05, 3.63) is 81.1 Å². The number of carbonyl (C=O) groups excluding carboxylic acids is 3. The number of ether oxygens (including phenoxy) is 2. The fourth-order valence-corrected chi connectivity index (χ4v) is 6.31. The molecule has 9 nitrogen and oxygen atoms in total. The lowest BCUT2D eigenvalue weighted by atomic mass is 9.91. The van der Waals surface area contributed by atoms with Crippen molar-refractivity contribution in [1.82, 2.24) is 14.8 Å². The molecule has 4 rings (SSSR count). The average molecular weight is 619 g/mol. The minimum atomic E-state index is -1.64. The van der Waals surface area contributed by atoms with Gasteiger partial charge in [-0.2, -0.15) is 0 Å². The SMILES string of the molecule is COC(=O)c1c(CC(=O)N2CCN(C)CC2)nc(C[S+]([O-])c2ccccc2)c(C(=O)OC)c1-c1c(Cl)cccc1Cl. The van der Waals surface area contributed by atoms with E-state index in [-0.39, 0.29) is 61.8 Å². The number of nitrogens with zero attached hydrogens (tertiary/aromatic N) is 3. The molecule has 1 saturated heterocycles. The van der Waals surface area contributed by atoms with Crippen LogP contribution >= 0.6 is 23.2 Å². The zero-order valence-corrected chi connectivity index (χ0v) is 25.1. The highest BCUT2D eigenvalue weighted by Crippen LogP contribution is 2.41. The zero-order chi connectivity index (χ0) is 29.7. The highest BCUT2D eigenvalue weighted by molar-refractivity contribution is 7.90. The molecule has 1 atom stereocenters. The predicted octanol–water partition coefficient (Wildman–Crippen LogP) is 4.25. The number of hydrogen-bond donors (Lipinski definition) is 0. The van der Waals surface area contributed by atoms with Crippen LogP contribution in [0.5, 0.6) is 0 Å². The van der Waals surface area contributed by atoms with Gasteiger partial charge >= 0.3 is 11.9 Å². The Morgan fingerprint density at radius 1 is 0.854 bits per heavy atom. The van der Waals surface area contributed by atoms with Gasteiger partial charge in [-0.3, -0.25) is 9.78 Å². The number of amides is 1. The van der Waals surface area contributed by atoms with Crippen LogP contribution in [0.15, 0.2) is 53.4 Å². The molecule has 2 aromatic carbocycles. The van der Waals surface area contributed by atoms with Crippen molar-refractivity contribution in [2.75, 3.05) is 47.4 Å². The molecule has 2 heterocycles. The van der Waals surface area contributed by atoms with Gasteiger partial charge in [0.2, 0.25) is 5.91 Å². The molecule has 1 amide bonds. The monoisotopic (exact) mass is 617 g/mol. The largest absolute Gasteiger partial charge is 0.611 e. The van der Waals surface area contributed by atoms with Crippen LogP contribution in [0.25, 0.3) is 11.1 Å². The molecule has 0 saturated carbocycles. The van der Waals surface area contributed by atoms with Gasteiger partial charge in [0.05, 0.1) is 37.5 Å². The van der Waals surface area contributed by atoms with Gasteiger partial charge in [-0.1, -0.05) is 47.5 Å². The highest BCUT2D eigenvalue weighted by Gasteiger charge is 2.35. The average Bonchev–Trinajstić information content (AvgIpc) is 2.97. The van der Waals surface area contributed by atoms with Gasteiger partial charge in [0.15, 0.2) is 10.6 Å². The standard InChI is InChI=1S/C29H29Cl2N3O6S/c1-33-12-14-34(15-13-33)23(35)16-21-25(28(36)39-2)27(24-19(30)10-7-11-20(24)31)26(29(37)40-3)22(32-21)17-41(38)18-8-5-4-6-9-18/h4-11H,12-17H2,1-3H3. The number of methoxy groups -OCH3 is 2. The molecule has 1 aromatic heterocycles. The number of rotatable bonds is 8. The first-order valence-electron chi connectivity index (χ1n) is 12.7. The maximum Gasteiger partial charge on any atom is 0.340 e. The van der Waals surface area contributed by atoms with Crippen molar-refractivity contribution in [2.24, 2.45) is 0 Å². The minimum absolute atomic E-state index is 0.00976. The number of piperazine rings is 1. The Bertz CT molecular complexity index is 1430. The second-order valence-electron chi connectivity index (χ2n) is 9.37. The molecule has 216 valence electrons. The Hall–Kier alpha value is -3.15. The first kappa shape index (κ1) is 30.8. The van der Waals surface area contributed by atoms with E-state index in [1.165, 1.54) is 14.2 Å². The summed E-state index contributed by atoms with van der Waals surface area (Å²) in [6, 6.07) is 13.4. The van der Waals surface area contributed by atoms with Crippen molar-refractivity contribution in [3.63, 3.8) is 0 Å². The molecule has 3 aromatic rings. The summed E-state index contributed by atoms with van der Waals surface area (Å²) in [6.07, 6.45) is -0.268. The van der Waals surface area contributed by atoms with E-state index in [1.807, 2.05) is 7.05 Å². The lowest BCUT2D eigenvalue weighted by molar-refractivity contribution is -0.132. The molecular weight excluding hydrogens is 589 g/mol. The van der Waals surface area contributed by atoms with Gasteiger partial charge in [0.1, 0.15) is 5.69 Å². The van der Waals surface area contributed by atoms with Crippen molar-refractivity contribution in [1.29, 1.82) is 0 Å². The highest BCUT2D eigenvalue weighted by atomic mass is 35.5. The lowest BCUT2D eigenvalue weighted by Gasteiger charge is -2.32. The molecule has 1 unspecified atom stereocenters. The Kier molecular flexibility index (Phi) is 10.3. The van der Waals surface area contributed by atoms with E-state index in [9.17, 15) is 18.9 Å². The van der Waals surface area contributed by atoms with Crippen molar-refractivity contribution in [2.45, 2.75) is 17.1 Å². The number of carbonyl (C=O) groups is 3. The molecule has 1 aliphatic heterocycles. The van der Waals surface area contributed by atoms with Gasteiger partial charge in [-0.05, 0) is 42.5 Å². The zero-order valence-electron chi connectivity index (χ0n) is 22.8. The second kappa shape index (κ2) is 13.7. The van der Waals surface area contributed by atoms with E-state index in [0.29, 0.717) is 31.1 Å². The minimum Gasteiger partial charge on any atom is -0.611 e. The van der Waals surface area contributed by atoms with Crippen LogP contribution in [0.2, 0.25) is 10.0 Å². The van der Waals surface area contributed by atoms with E-state index >= 15 is 0 Å². The molecule has 12 heteroatoms. The molecule has 1 fully saturated rings. The van der Waals surface area contributed by atoms with Crippen LogP contribution in [-0.4, -0.2) is 84.6 Å². The second-order valence-corrected chi connectivity index (χ2v) is 11.6. The molecule has 0 spiro atoms. The molecule has 1 aliphatic rings. The lowest BCUT2D eigenvalue weighted by Crippen LogP contribution is -2.47. The number of hydrogen-bond acceptors (Lipinski definition) is 8. The molecule has 0 bridgehead atoms. The van der Waals surface area contributed by atoms with Crippen LogP contribution in [-0.2, 0) is 37.6 Å². The summed E-state index contributed by atoms with van der Waals surface area (Å²) < 4.78 is 23.7. The van der Waals surface area contributed by atoms with E-state index in [2.05, 4.69) is 9.88 Å². The Morgan fingerprint density at radius 3 is 1.98 bits per heavy atom. The van der Waals surface area contributed by atoms with E-state index < -0.39 is 23.1 Å². The van der Waals surface area contributed by atoms with Gasteiger partial charge in [-0.15, -0.1) is 0 Å². The summed E-state index contributed by atoms with van der Waals surface area (Å²) >= 11 is 11.6. The third kappa shape index (κ3) is 6.85. The summed E-state index contributed by atoms with van der Waals surface area (Å²) in [4.78, 5) is 49.2.